The largest absolute Gasteiger partial charge is 0.298 e. The fourth-order valence-electron chi connectivity index (χ4n) is 3.72. The lowest BCUT2D eigenvalue weighted by molar-refractivity contribution is 0.102. The van der Waals surface area contributed by atoms with E-state index in [1.54, 1.807) is 41.8 Å². The maximum absolute atomic E-state index is 13.0. The highest BCUT2D eigenvalue weighted by molar-refractivity contribution is 7.22. The molecule has 0 unspecified atom stereocenters. The van der Waals surface area contributed by atoms with Gasteiger partial charge in [0.05, 0.1) is 26.8 Å². The fraction of sp³-hybridized carbons (Fsp3) is 0.120. The molecule has 1 amide bonds. The Bertz CT molecular complexity index is 1530. The standard InChI is InChI=1S/C25H20N4O2S/c1-3-16-8-13-21-22(14-16)32-25(27-21)28-23(30)17-9-11-18(12-10-17)29-15(2)26-20-7-5-4-6-19(20)24(29)31/h4-14H,3H2,1-2H3,(H,27,28,30). The van der Waals surface area contributed by atoms with Crippen LogP contribution in [0.3, 0.4) is 0 Å². The van der Waals surface area contributed by atoms with Gasteiger partial charge in [0.2, 0.25) is 0 Å². The Morgan fingerprint density at radius 1 is 1.00 bits per heavy atom. The molecule has 0 aliphatic carbocycles. The second kappa shape index (κ2) is 8.01. The molecule has 0 fully saturated rings. The summed E-state index contributed by atoms with van der Waals surface area (Å²) >= 11 is 1.46. The van der Waals surface area contributed by atoms with E-state index in [4.69, 9.17) is 0 Å². The van der Waals surface area contributed by atoms with Crippen molar-refractivity contribution in [3.05, 3.63) is 94.0 Å². The number of rotatable bonds is 4. The Hall–Kier alpha value is -3.84. The van der Waals surface area contributed by atoms with Crippen molar-refractivity contribution in [1.29, 1.82) is 0 Å². The van der Waals surface area contributed by atoms with Crippen molar-refractivity contribution in [2.45, 2.75) is 20.3 Å². The molecule has 0 spiro atoms. The van der Waals surface area contributed by atoms with Gasteiger partial charge in [-0.05, 0) is 67.4 Å². The van der Waals surface area contributed by atoms with E-state index in [9.17, 15) is 9.59 Å². The van der Waals surface area contributed by atoms with Crippen molar-refractivity contribution in [1.82, 2.24) is 14.5 Å². The van der Waals surface area contributed by atoms with E-state index in [0.29, 0.717) is 33.1 Å². The first-order valence-electron chi connectivity index (χ1n) is 10.3. The van der Waals surface area contributed by atoms with Crippen LogP contribution < -0.4 is 10.9 Å². The van der Waals surface area contributed by atoms with Gasteiger partial charge >= 0.3 is 0 Å². The van der Waals surface area contributed by atoms with Gasteiger partial charge in [-0.25, -0.2) is 9.97 Å². The molecule has 5 rings (SSSR count). The number of thiazole rings is 1. The zero-order valence-electron chi connectivity index (χ0n) is 17.6. The summed E-state index contributed by atoms with van der Waals surface area (Å²) in [4.78, 5) is 34.8. The normalized spacial score (nSPS) is 11.2. The second-order valence-corrected chi connectivity index (χ2v) is 8.52. The van der Waals surface area contributed by atoms with E-state index in [-0.39, 0.29) is 11.5 Å². The predicted octanol–water partition coefficient (Wildman–Crippen LogP) is 5.12. The molecule has 3 aromatic carbocycles. The van der Waals surface area contributed by atoms with E-state index in [2.05, 4.69) is 34.3 Å². The number of fused-ring (bicyclic) bond motifs is 2. The lowest BCUT2D eigenvalue weighted by Crippen LogP contribution is -2.22. The average Bonchev–Trinajstić information content (AvgIpc) is 3.20. The molecule has 0 atom stereocenters. The minimum Gasteiger partial charge on any atom is -0.298 e. The van der Waals surface area contributed by atoms with Crippen molar-refractivity contribution >= 4 is 43.5 Å². The van der Waals surface area contributed by atoms with Crippen LogP contribution in [0.5, 0.6) is 0 Å². The number of hydrogen-bond donors (Lipinski definition) is 1. The fourth-order valence-corrected chi connectivity index (χ4v) is 4.65. The highest BCUT2D eigenvalue weighted by atomic mass is 32.1. The molecule has 0 aliphatic rings. The van der Waals surface area contributed by atoms with Crippen molar-refractivity contribution in [2.75, 3.05) is 5.32 Å². The number of nitrogens with zero attached hydrogens (tertiary/aromatic N) is 3. The molecule has 32 heavy (non-hydrogen) atoms. The third kappa shape index (κ3) is 3.56. The quantitative estimate of drug-likeness (QED) is 0.421. The molecule has 0 aliphatic heterocycles. The SMILES string of the molecule is CCc1ccc2nc(NC(=O)c3ccc(-n4c(C)nc5ccccc5c4=O)cc3)sc2c1. The summed E-state index contributed by atoms with van der Waals surface area (Å²) in [5, 5.41) is 4.00. The topological polar surface area (TPSA) is 76.9 Å². The van der Waals surface area contributed by atoms with Crippen LogP contribution in [-0.2, 0) is 6.42 Å². The van der Waals surface area contributed by atoms with Crippen LogP contribution in [0.15, 0.2) is 71.5 Å². The Labute approximate surface area is 188 Å². The molecule has 0 saturated carbocycles. The number of carbonyl (C=O) groups is 1. The van der Waals surface area contributed by atoms with Crippen LogP contribution in [0.25, 0.3) is 26.8 Å². The maximum atomic E-state index is 13.0. The zero-order valence-corrected chi connectivity index (χ0v) is 18.4. The van der Waals surface area contributed by atoms with E-state index in [0.717, 1.165) is 16.6 Å². The van der Waals surface area contributed by atoms with Crippen molar-refractivity contribution < 1.29 is 4.79 Å². The minimum absolute atomic E-state index is 0.133. The van der Waals surface area contributed by atoms with Crippen molar-refractivity contribution in [3.8, 4) is 5.69 Å². The van der Waals surface area contributed by atoms with Gasteiger partial charge in [0, 0.05) is 5.56 Å². The smallest absolute Gasteiger partial charge is 0.265 e. The predicted molar refractivity (Wildman–Crippen MR) is 129 cm³/mol. The van der Waals surface area contributed by atoms with Gasteiger partial charge < -0.3 is 0 Å². The monoisotopic (exact) mass is 440 g/mol. The first-order valence-corrected chi connectivity index (χ1v) is 11.1. The number of carbonyl (C=O) groups excluding carboxylic acids is 1. The van der Waals surface area contributed by atoms with Gasteiger partial charge in [0.1, 0.15) is 5.82 Å². The molecular formula is C25H20N4O2S. The lowest BCUT2D eigenvalue weighted by Gasteiger charge is -2.11. The van der Waals surface area contributed by atoms with Crippen LogP contribution in [-0.4, -0.2) is 20.4 Å². The van der Waals surface area contributed by atoms with Crippen LogP contribution in [0.2, 0.25) is 0 Å². The number of aryl methyl sites for hydroxylation is 2. The molecule has 2 heterocycles. The second-order valence-electron chi connectivity index (χ2n) is 7.49. The Morgan fingerprint density at radius 3 is 2.56 bits per heavy atom. The third-order valence-corrected chi connectivity index (χ3v) is 6.35. The lowest BCUT2D eigenvalue weighted by atomic mass is 10.2. The molecular weight excluding hydrogens is 420 g/mol. The number of nitrogens with one attached hydrogen (secondary N) is 1. The Kier molecular flexibility index (Phi) is 5.03. The molecule has 6 nitrogen and oxygen atoms in total. The molecule has 158 valence electrons. The van der Waals surface area contributed by atoms with Crippen LogP contribution in [0, 0.1) is 6.92 Å². The number of benzene rings is 3. The first-order chi connectivity index (χ1) is 15.5. The number of para-hydroxylation sites is 1. The Morgan fingerprint density at radius 2 is 1.78 bits per heavy atom. The third-order valence-electron chi connectivity index (χ3n) is 5.41. The number of hydrogen-bond acceptors (Lipinski definition) is 5. The highest BCUT2D eigenvalue weighted by Gasteiger charge is 2.13. The van der Waals surface area contributed by atoms with Crippen LogP contribution >= 0.6 is 11.3 Å². The van der Waals surface area contributed by atoms with Gasteiger partial charge in [-0.3, -0.25) is 19.5 Å². The highest BCUT2D eigenvalue weighted by Crippen LogP contribution is 2.27. The van der Waals surface area contributed by atoms with Crippen LogP contribution in [0.1, 0.15) is 28.7 Å². The van der Waals surface area contributed by atoms with Crippen molar-refractivity contribution in [3.63, 3.8) is 0 Å². The molecule has 0 bridgehead atoms. The summed E-state index contributed by atoms with van der Waals surface area (Å²) in [5.41, 5.74) is 3.80. The summed E-state index contributed by atoms with van der Waals surface area (Å²) in [6, 6.07) is 20.3. The molecule has 2 aromatic heterocycles. The minimum atomic E-state index is -0.243. The summed E-state index contributed by atoms with van der Waals surface area (Å²) in [6.45, 7) is 3.91. The van der Waals surface area contributed by atoms with Gasteiger partial charge in [-0.2, -0.15) is 0 Å². The Balaban J connectivity index is 1.42. The average molecular weight is 441 g/mol. The van der Waals surface area contributed by atoms with Gasteiger partial charge in [-0.15, -0.1) is 0 Å². The summed E-state index contributed by atoms with van der Waals surface area (Å²) in [6.07, 6.45) is 0.956. The molecule has 0 radical (unpaired) electrons. The summed E-state index contributed by atoms with van der Waals surface area (Å²) in [5.74, 6) is 0.346. The van der Waals surface area contributed by atoms with E-state index in [1.807, 2.05) is 24.3 Å². The number of anilines is 1. The van der Waals surface area contributed by atoms with E-state index >= 15 is 0 Å². The van der Waals surface area contributed by atoms with Gasteiger partial charge in [0.15, 0.2) is 5.13 Å². The molecule has 0 saturated heterocycles. The molecule has 7 heteroatoms. The zero-order chi connectivity index (χ0) is 22.2. The van der Waals surface area contributed by atoms with E-state index in [1.165, 1.54) is 16.9 Å². The summed E-state index contributed by atoms with van der Waals surface area (Å²) in [7, 11) is 0. The molecule has 1 N–H and O–H groups in total. The van der Waals surface area contributed by atoms with Crippen LogP contribution in [0.4, 0.5) is 5.13 Å². The van der Waals surface area contributed by atoms with E-state index < -0.39 is 0 Å². The van der Waals surface area contributed by atoms with Crippen molar-refractivity contribution in [2.24, 2.45) is 0 Å². The number of amides is 1. The molecule has 5 aromatic rings. The van der Waals surface area contributed by atoms with Gasteiger partial charge in [-0.1, -0.05) is 36.5 Å². The summed E-state index contributed by atoms with van der Waals surface area (Å²) < 4.78 is 2.61. The first kappa shape index (κ1) is 20.1. The van der Waals surface area contributed by atoms with Gasteiger partial charge in [0.25, 0.3) is 11.5 Å². The number of aromatic nitrogens is 3. The maximum Gasteiger partial charge on any atom is 0.265 e.